The highest BCUT2D eigenvalue weighted by Gasteiger charge is 2.18. The highest BCUT2D eigenvalue weighted by atomic mass is 35.5. The molecule has 0 amide bonds. The lowest BCUT2D eigenvalue weighted by molar-refractivity contribution is 0.0389. The Bertz CT molecular complexity index is 376. The molecule has 1 saturated heterocycles. The van der Waals surface area contributed by atoms with Crippen molar-refractivity contribution in [1.29, 1.82) is 0 Å². The van der Waals surface area contributed by atoms with Gasteiger partial charge in [-0.25, -0.2) is 0 Å². The summed E-state index contributed by atoms with van der Waals surface area (Å²) in [4.78, 5) is 2.43. The van der Waals surface area contributed by atoms with Crippen LogP contribution in [0.3, 0.4) is 0 Å². The van der Waals surface area contributed by atoms with Crippen LogP contribution in [0.2, 0.25) is 10.0 Å². The summed E-state index contributed by atoms with van der Waals surface area (Å²) in [5, 5.41) is 1.25. The molecule has 1 aliphatic heterocycles. The number of methoxy groups -OCH3 is 1. The molecular weight excluding hydrogens is 257 g/mol. The summed E-state index contributed by atoms with van der Waals surface area (Å²) in [6.07, 6.45) is 2.65. The average molecular weight is 274 g/mol. The Hall–Kier alpha value is -0.280. The predicted octanol–water partition coefficient (Wildman–Crippen LogP) is 3.60. The zero-order chi connectivity index (χ0) is 12.3. The number of nitrogens with zero attached hydrogens (tertiary/aromatic N) is 1. The second kappa shape index (κ2) is 6.05. The van der Waals surface area contributed by atoms with Gasteiger partial charge in [-0.3, -0.25) is 4.90 Å². The molecule has 0 saturated carbocycles. The van der Waals surface area contributed by atoms with Gasteiger partial charge < -0.3 is 4.74 Å². The first kappa shape index (κ1) is 13.2. The molecule has 1 fully saturated rings. The van der Waals surface area contributed by atoms with Gasteiger partial charge in [0, 0.05) is 26.7 Å². The number of hydrogen-bond donors (Lipinski definition) is 0. The minimum absolute atomic E-state index is 0.431. The fourth-order valence-electron chi connectivity index (χ4n) is 2.20. The summed E-state index contributed by atoms with van der Waals surface area (Å²) in [5.74, 6) is 0. The number of benzene rings is 1. The maximum absolute atomic E-state index is 6.01. The first-order valence-electron chi connectivity index (χ1n) is 5.88. The maximum Gasteiger partial charge on any atom is 0.0595 e. The lowest BCUT2D eigenvalue weighted by Crippen LogP contribution is -2.36. The number of likely N-dealkylation sites (tertiary alicyclic amines) is 1. The third-order valence-electron chi connectivity index (χ3n) is 3.26. The summed E-state index contributed by atoms with van der Waals surface area (Å²) in [7, 11) is 1.79. The molecule has 1 aromatic carbocycles. The van der Waals surface area contributed by atoms with E-state index < -0.39 is 0 Å². The van der Waals surface area contributed by atoms with Crippen LogP contribution in [0.4, 0.5) is 0 Å². The Labute approximate surface area is 112 Å². The van der Waals surface area contributed by atoms with Gasteiger partial charge in [0.15, 0.2) is 0 Å². The van der Waals surface area contributed by atoms with E-state index in [-0.39, 0.29) is 0 Å². The highest BCUT2D eigenvalue weighted by Crippen LogP contribution is 2.24. The molecule has 0 bridgehead atoms. The number of hydrogen-bond acceptors (Lipinski definition) is 2. The van der Waals surface area contributed by atoms with E-state index in [0.29, 0.717) is 16.1 Å². The first-order valence-corrected chi connectivity index (χ1v) is 6.63. The van der Waals surface area contributed by atoms with Crippen molar-refractivity contribution in [2.75, 3.05) is 20.2 Å². The van der Waals surface area contributed by atoms with Gasteiger partial charge in [-0.2, -0.15) is 0 Å². The molecule has 0 radical (unpaired) electrons. The van der Waals surface area contributed by atoms with Gasteiger partial charge in [-0.05, 0) is 30.5 Å². The van der Waals surface area contributed by atoms with Gasteiger partial charge in [-0.1, -0.05) is 29.3 Å². The third-order valence-corrected chi connectivity index (χ3v) is 4.00. The molecule has 2 nitrogen and oxygen atoms in total. The molecule has 4 heteroatoms. The molecule has 2 rings (SSSR count). The van der Waals surface area contributed by atoms with E-state index in [1.54, 1.807) is 7.11 Å². The van der Waals surface area contributed by atoms with Gasteiger partial charge in [0.25, 0.3) is 0 Å². The summed E-state index contributed by atoms with van der Waals surface area (Å²) in [6.45, 7) is 3.10. The third kappa shape index (κ3) is 3.59. The van der Waals surface area contributed by atoms with Crippen LogP contribution < -0.4 is 0 Å². The van der Waals surface area contributed by atoms with E-state index in [1.807, 2.05) is 18.2 Å². The smallest absolute Gasteiger partial charge is 0.0595 e. The van der Waals surface area contributed by atoms with Crippen LogP contribution in [-0.4, -0.2) is 31.2 Å². The number of halogens is 2. The zero-order valence-corrected chi connectivity index (χ0v) is 11.5. The highest BCUT2D eigenvalue weighted by molar-refractivity contribution is 6.42. The van der Waals surface area contributed by atoms with E-state index in [1.165, 1.54) is 5.56 Å². The maximum atomic E-state index is 6.01. The molecule has 1 aromatic rings. The fourth-order valence-corrected chi connectivity index (χ4v) is 2.52. The van der Waals surface area contributed by atoms with Crippen molar-refractivity contribution in [3.05, 3.63) is 33.8 Å². The SMILES string of the molecule is COC1CCN(Cc2ccc(Cl)c(Cl)c2)CC1. The van der Waals surface area contributed by atoms with Crippen molar-refractivity contribution in [2.45, 2.75) is 25.5 Å². The largest absolute Gasteiger partial charge is 0.381 e. The van der Waals surface area contributed by atoms with E-state index in [0.717, 1.165) is 32.5 Å². The molecule has 0 N–H and O–H groups in total. The summed E-state index contributed by atoms with van der Waals surface area (Å²) < 4.78 is 5.36. The Morgan fingerprint density at radius 3 is 2.53 bits per heavy atom. The predicted molar refractivity (Wildman–Crippen MR) is 71.8 cm³/mol. The topological polar surface area (TPSA) is 12.5 Å². The van der Waals surface area contributed by atoms with Gasteiger partial charge in [0.05, 0.1) is 16.1 Å². The normalized spacial score (nSPS) is 18.5. The molecule has 0 spiro atoms. The molecule has 0 aromatic heterocycles. The van der Waals surface area contributed by atoms with Crippen molar-refractivity contribution in [3.8, 4) is 0 Å². The summed E-state index contributed by atoms with van der Waals surface area (Å²) in [5.41, 5.74) is 1.22. The Balaban J connectivity index is 1.91. The van der Waals surface area contributed by atoms with Crippen molar-refractivity contribution in [2.24, 2.45) is 0 Å². The van der Waals surface area contributed by atoms with Crippen LogP contribution in [0, 0.1) is 0 Å². The standard InChI is InChI=1S/C13H17Cl2NO/c1-17-11-4-6-16(7-5-11)9-10-2-3-12(14)13(15)8-10/h2-3,8,11H,4-7,9H2,1H3. The molecule has 0 aliphatic carbocycles. The van der Waals surface area contributed by atoms with Crippen LogP contribution in [0.1, 0.15) is 18.4 Å². The molecule has 17 heavy (non-hydrogen) atoms. The van der Waals surface area contributed by atoms with Gasteiger partial charge in [0.1, 0.15) is 0 Å². The van der Waals surface area contributed by atoms with Crippen molar-refractivity contribution in [3.63, 3.8) is 0 Å². The van der Waals surface area contributed by atoms with E-state index in [4.69, 9.17) is 27.9 Å². The van der Waals surface area contributed by atoms with Crippen LogP contribution in [0.25, 0.3) is 0 Å². The fraction of sp³-hybridized carbons (Fsp3) is 0.538. The zero-order valence-electron chi connectivity index (χ0n) is 9.96. The second-order valence-corrected chi connectivity index (χ2v) is 5.27. The lowest BCUT2D eigenvalue weighted by atomic mass is 10.1. The summed E-state index contributed by atoms with van der Waals surface area (Å²) in [6, 6.07) is 5.85. The van der Waals surface area contributed by atoms with Gasteiger partial charge in [-0.15, -0.1) is 0 Å². The Morgan fingerprint density at radius 2 is 1.94 bits per heavy atom. The molecule has 0 atom stereocenters. The van der Waals surface area contributed by atoms with Crippen molar-refractivity contribution in [1.82, 2.24) is 4.90 Å². The summed E-state index contributed by atoms with van der Waals surface area (Å²) >= 11 is 11.9. The van der Waals surface area contributed by atoms with Crippen LogP contribution >= 0.6 is 23.2 Å². The Morgan fingerprint density at radius 1 is 1.24 bits per heavy atom. The van der Waals surface area contributed by atoms with Gasteiger partial charge >= 0.3 is 0 Å². The van der Waals surface area contributed by atoms with E-state index in [9.17, 15) is 0 Å². The van der Waals surface area contributed by atoms with E-state index in [2.05, 4.69) is 4.90 Å². The molecule has 1 heterocycles. The van der Waals surface area contributed by atoms with Crippen LogP contribution in [0.5, 0.6) is 0 Å². The monoisotopic (exact) mass is 273 g/mol. The van der Waals surface area contributed by atoms with Crippen molar-refractivity contribution < 1.29 is 4.74 Å². The average Bonchev–Trinajstić information content (AvgIpc) is 2.35. The lowest BCUT2D eigenvalue weighted by Gasteiger charge is -2.31. The molecule has 94 valence electrons. The number of piperidine rings is 1. The molecule has 0 unspecified atom stereocenters. The second-order valence-electron chi connectivity index (χ2n) is 4.46. The molecular formula is C13H17Cl2NO. The first-order chi connectivity index (χ1) is 8.19. The van der Waals surface area contributed by atoms with Crippen molar-refractivity contribution >= 4 is 23.2 Å². The molecule has 1 aliphatic rings. The Kier molecular flexibility index (Phi) is 4.69. The minimum Gasteiger partial charge on any atom is -0.381 e. The number of rotatable bonds is 3. The van der Waals surface area contributed by atoms with Gasteiger partial charge in [0.2, 0.25) is 0 Å². The number of ether oxygens (including phenoxy) is 1. The quantitative estimate of drug-likeness (QED) is 0.835. The van der Waals surface area contributed by atoms with E-state index >= 15 is 0 Å². The van der Waals surface area contributed by atoms with Crippen LogP contribution in [-0.2, 0) is 11.3 Å². The minimum atomic E-state index is 0.431. The van der Waals surface area contributed by atoms with Crippen LogP contribution in [0.15, 0.2) is 18.2 Å².